The Bertz CT molecular complexity index is 919. The molecule has 0 aliphatic heterocycles. The van der Waals surface area contributed by atoms with Crippen LogP contribution in [0.1, 0.15) is 30.0 Å². The maximum absolute atomic E-state index is 13.0. The van der Waals surface area contributed by atoms with Crippen LogP contribution in [-0.2, 0) is 6.42 Å². The van der Waals surface area contributed by atoms with Gasteiger partial charge in [0.15, 0.2) is 0 Å². The molecule has 0 unspecified atom stereocenters. The third kappa shape index (κ3) is 4.94. The van der Waals surface area contributed by atoms with Crippen LogP contribution in [0.2, 0.25) is 0 Å². The lowest BCUT2D eigenvalue weighted by atomic mass is 10.0. The van der Waals surface area contributed by atoms with Crippen molar-refractivity contribution < 1.29 is 4.39 Å². The van der Waals surface area contributed by atoms with E-state index in [2.05, 4.69) is 55.2 Å². The van der Waals surface area contributed by atoms with Crippen LogP contribution >= 0.6 is 0 Å². The Morgan fingerprint density at radius 2 is 1.19 bits per heavy atom. The second-order valence-electron chi connectivity index (χ2n) is 6.11. The van der Waals surface area contributed by atoms with Crippen molar-refractivity contribution in [2.45, 2.75) is 19.8 Å². The van der Waals surface area contributed by atoms with Crippen molar-refractivity contribution in [2.75, 3.05) is 0 Å². The molecule has 0 amide bonds. The molecule has 0 saturated carbocycles. The Hall–Kier alpha value is -3.11. The van der Waals surface area contributed by atoms with Crippen molar-refractivity contribution in [3.05, 3.63) is 107 Å². The molecule has 3 rings (SSSR count). The standard InChI is InChI=1S/C25H21F/c1-2-3-4-5-20-6-8-21(9-7-20)10-11-22-12-14-23(15-13-22)24-16-18-25(26)19-17-24/h3-4,6-9,12-19H,2,5H2,1H3. The van der Waals surface area contributed by atoms with E-state index in [0.29, 0.717) is 0 Å². The van der Waals surface area contributed by atoms with Crippen molar-refractivity contribution in [1.29, 1.82) is 0 Å². The Morgan fingerprint density at radius 1 is 0.692 bits per heavy atom. The van der Waals surface area contributed by atoms with Gasteiger partial charge in [-0.2, -0.15) is 0 Å². The van der Waals surface area contributed by atoms with E-state index in [4.69, 9.17) is 0 Å². The summed E-state index contributed by atoms with van der Waals surface area (Å²) in [6.45, 7) is 2.14. The lowest BCUT2D eigenvalue weighted by molar-refractivity contribution is 0.628. The summed E-state index contributed by atoms with van der Waals surface area (Å²) in [7, 11) is 0. The van der Waals surface area contributed by atoms with Crippen LogP contribution in [0.3, 0.4) is 0 Å². The highest BCUT2D eigenvalue weighted by atomic mass is 19.1. The third-order valence-corrected chi connectivity index (χ3v) is 4.12. The highest BCUT2D eigenvalue weighted by Gasteiger charge is 1.98. The van der Waals surface area contributed by atoms with Crippen molar-refractivity contribution in [2.24, 2.45) is 0 Å². The molecule has 128 valence electrons. The molecule has 0 aliphatic rings. The summed E-state index contributed by atoms with van der Waals surface area (Å²) >= 11 is 0. The van der Waals surface area contributed by atoms with E-state index in [9.17, 15) is 4.39 Å². The van der Waals surface area contributed by atoms with Gasteiger partial charge in [-0.1, -0.05) is 67.3 Å². The van der Waals surface area contributed by atoms with Gasteiger partial charge in [0.25, 0.3) is 0 Å². The zero-order valence-electron chi connectivity index (χ0n) is 14.9. The van der Waals surface area contributed by atoms with Crippen LogP contribution in [0.4, 0.5) is 4.39 Å². The molecule has 0 atom stereocenters. The van der Waals surface area contributed by atoms with Crippen LogP contribution in [0.5, 0.6) is 0 Å². The number of hydrogen-bond acceptors (Lipinski definition) is 0. The molecule has 0 spiro atoms. The van der Waals surface area contributed by atoms with Gasteiger partial charge in [-0.15, -0.1) is 0 Å². The molecule has 0 nitrogen and oxygen atoms in total. The summed E-state index contributed by atoms with van der Waals surface area (Å²) in [6, 6.07) is 22.9. The summed E-state index contributed by atoms with van der Waals surface area (Å²) < 4.78 is 13.0. The molecule has 0 N–H and O–H groups in total. The summed E-state index contributed by atoms with van der Waals surface area (Å²) in [5.74, 6) is 6.18. The van der Waals surface area contributed by atoms with Gasteiger partial charge in [-0.05, 0) is 65.9 Å². The van der Waals surface area contributed by atoms with Gasteiger partial charge in [0.05, 0.1) is 0 Å². The van der Waals surface area contributed by atoms with E-state index in [0.717, 1.165) is 35.1 Å². The first-order chi connectivity index (χ1) is 12.7. The van der Waals surface area contributed by atoms with Gasteiger partial charge in [0.1, 0.15) is 5.82 Å². The fraction of sp³-hybridized carbons (Fsp3) is 0.120. The van der Waals surface area contributed by atoms with Gasteiger partial charge < -0.3 is 0 Å². The first kappa shape index (κ1) is 17.7. The molecule has 0 aromatic heterocycles. The predicted molar refractivity (Wildman–Crippen MR) is 107 cm³/mol. The number of benzene rings is 3. The van der Waals surface area contributed by atoms with E-state index >= 15 is 0 Å². The van der Waals surface area contributed by atoms with E-state index in [1.54, 1.807) is 12.1 Å². The Labute approximate surface area is 155 Å². The predicted octanol–water partition coefficient (Wildman–Crippen LogP) is 6.40. The number of allylic oxidation sites excluding steroid dienone is 2. The second-order valence-corrected chi connectivity index (χ2v) is 6.11. The van der Waals surface area contributed by atoms with Gasteiger partial charge in [0, 0.05) is 11.1 Å². The minimum absolute atomic E-state index is 0.219. The van der Waals surface area contributed by atoms with Crippen LogP contribution in [0.15, 0.2) is 84.9 Å². The first-order valence-electron chi connectivity index (χ1n) is 8.86. The van der Waals surface area contributed by atoms with Crippen LogP contribution < -0.4 is 0 Å². The van der Waals surface area contributed by atoms with E-state index in [1.165, 1.54) is 17.7 Å². The Morgan fingerprint density at radius 3 is 1.73 bits per heavy atom. The van der Waals surface area contributed by atoms with Crippen LogP contribution in [0.25, 0.3) is 11.1 Å². The topological polar surface area (TPSA) is 0 Å². The lowest BCUT2D eigenvalue weighted by Gasteiger charge is -2.01. The average molecular weight is 340 g/mol. The first-order valence-corrected chi connectivity index (χ1v) is 8.86. The number of halogens is 1. The molecule has 0 radical (unpaired) electrons. The average Bonchev–Trinajstić information content (AvgIpc) is 2.69. The molecule has 0 heterocycles. The van der Waals surface area contributed by atoms with Gasteiger partial charge in [-0.3, -0.25) is 0 Å². The normalized spacial score (nSPS) is 10.5. The SMILES string of the molecule is CCC=CCc1ccc(C#Cc2ccc(-c3ccc(F)cc3)cc2)cc1. The second kappa shape index (κ2) is 8.83. The Kier molecular flexibility index (Phi) is 6.01. The fourth-order valence-electron chi connectivity index (χ4n) is 2.64. The van der Waals surface area contributed by atoms with Gasteiger partial charge in [0.2, 0.25) is 0 Å². The van der Waals surface area contributed by atoms with Crippen molar-refractivity contribution in [3.63, 3.8) is 0 Å². The molecule has 0 saturated heterocycles. The zero-order chi connectivity index (χ0) is 18.2. The largest absolute Gasteiger partial charge is 0.207 e. The van der Waals surface area contributed by atoms with Gasteiger partial charge >= 0.3 is 0 Å². The molecule has 3 aromatic carbocycles. The fourth-order valence-corrected chi connectivity index (χ4v) is 2.64. The molecular weight excluding hydrogens is 319 g/mol. The van der Waals surface area contributed by atoms with Crippen molar-refractivity contribution in [1.82, 2.24) is 0 Å². The monoisotopic (exact) mass is 340 g/mol. The summed E-state index contributed by atoms with van der Waals surface area (Å²) in [4.78, 5) is 0. The molecule has 0 bridgehead atoms. The van der Waals surface area contributed by atoms with Crippen LogP contribution in [0, 0.1) is 17.7 Å². The summed E-state index contributed by atoms with van der Waals surface area (Å²) in [5, 5.41) is 0. The Balaban J connectivity index is 1.68. The summed E-state index contributed by atoms with van der Waals surface area (Å²) in [5.41, 5.74) is 5.32. The van der Waals surface area contributed by atoms with E-state index in [-0.39, 0.29) is 5.82 Å². The molecule has 26 heavy (non-hydrogen) atoms. The van der Waals surface area contributed by atoms with Crippen LogP contribution in [-0.4, -0.2) is 0 Å². The molecule has 0 aliphatic carbocycles. The third-order valence-electron chi connectivity index (χ3n) is 4.12. The van der Waals surface area contributed by atoms with E-state index < -0.39 is 0 Å². The molecule has 1 heteroatoms. The zero-order valence-corrected chi connectivity index (χ0v) is 14.9. The smallest absolute Gasteiger partial charge is 0.123 e. The molecular formula is C25H21F. The highest BCUT2D eigenvalue weighted by Crippen LogP contribution is 2.20. The van der Waals surface area contributed by atoms with Crippen molar-refractivity contribution >= 4 is 0 Å². The minimum Gasteiger partial charge on any atom is -0.207 e. The molecule has 3 aromatic rings. The quantitative estimate of drug-likeness (QED) is 0.381. The maximum Gasteiger partial charge on any atom is 0.123 e. The van der Waals surface area contributed by atoms with Crippen molar-refractivity contribution in [3.8, 4) is 23.0 Å². The highest BCUT2D eigenvalue weighted by molar-refractivity contribution is 5.64. The minimum atomic E-state index is -0.219. The molecule has 0 fully saturated rings. The van der Waals surface area contributed by atoms with Gasteiger partial charge in [-0.25, -0.2) is 4.39 Å². The summed E-state index contributed by atoms with van der Waals surface area (Å²) in [6.07, 6.45) is 6.42. The number of rotatable bonds is 4. The maximum atomic E-state index is 13.0. The number of hydrogen-bond donors (Lipinski definition) is 0. The lowest BCUT2D eigenvalue weighted by Crippen LogP contribution is -1.82. The van der Waals surface area contributed by atoms with E-state index in [1.807, 2.05) is 24.3 Å².